The fourth-order valence-electron chi connectivity index (χ4n) is 1.78. The van der Waals surface area contributed by atoms with E-state index in [4.69, 9.17) is 4.74 Å². The van der Waals surface area contributed by atoms with Crippen molar-refractivity contribution >= 4 is 0 Å². The lowest BCUT2D eigenvalue weighted by atomic mass is 9.91. The molecule has 1 fully saturated rings. The van der Waals surface area contributed by atoms with Crippen LogP contribution in [0.25, 0.3) is 0 Å². The molecule has 1 rings (SSSR count). The summed E-state index contributed by atoms with van der Waals surface area (Å²) in [6, 6.07) is 0. The van der Waals surface area contributed by atoms with Crippen LogP contribution in [0.1, 0.15) is 46.0 Å². The minimum Gasteiger partial charge on any atom is -0.364 e. The smallest absolute Gasteiger partial charge is 0.0971 e. The number of nitrogens with one attached hydrogen (secondary N) is 1. The number of hydrogen-bond donors (Lipinski definition) is 1. The van der Waals surface area contributed by atoms with Crippen molar-refractivity contribution in [2.45, 2.75) is 51.5 Å². The summed E-state index contributed by atoms with van der Waals surface area (Å²) in [4.78, 5) is 0. The molecule has 0 aromatic carbocycles. The fraction of sp³-hybridized carbons (Fsp3) is 1.00. The van der Waals surface area contributed by atoms with Crippen LogP contribution in [0, 0.1) is 0 Å². The highest BCUT2D eigenvalue weighted by atomic mass is 16.5. The van der Waals surface area contributed by atoms with E-state index in [9.17, 15) is 0 Å². The van der Waals surface area contributed by atoms with Crippen LogP contribution in [0.3, 0.4) is 0 Å². The molecule has 1 atom stereocenters. The van der Waals surface area contributed by atoms with Crippen LogP contribution in [0.2, 0.25) is 0 Å². The summed E-state index contributed by atoms with van der Waals surface area (Å²) in [6.45, 7) is 6.15. The maximum absolute atomic E-state index is 5.37. The molecular weight excluding hydrogens is 150 g/mol. The summed E-state index contributed by atoms with van der Waals surface area (Å²) in [6.07, 6.45) is 6.46. The molecule has 0 saturated carbocycles. The summed E-state index contributed by atoms with van der Waals surface area (Å²) < 4.78 is 5.37. The molecule has 1 aliphatic heterocycles. The topological polar surface area (TPSA) is 21.3 Å². The van der Waals surface area contributed by atoms with E-state index in [1.165, 1.54) is 32.1 Å². The van der Waals surface area contributed by atoms with Crippen LogP contribution in [0.4, 0.5) is 0 Å². The van der Waals surface area contributed by atoms with E-state index in [2.05, 4.69) is 19.2 Å². The second kappa shape index (κ2) is 4.83. The highest BCUT2D eigenvalue weighted by Crippen LogP contribution is 2.22. The molecule has 1 saturated heterocycles. The van der Waals surface area contributed by atoms with E-state index in [1.807, 2.05) is 0 Å². The Morgan fingerprint density at radius 1 is 1.33 bits per heavy atom. The SMILES string of the molecule is CCCCCC1(CC)COCN1. The van der Waals surface area contributed by atoms with Crippen LogP contribution in [-0.2, 0) is 4.74 Å². The summed E-state index contributed by atoms with van der Waals surface area (Å²) in [5, 5.41) is 3.46. The first-order chi connectivity index (χ1) is 5.83. The Morgan fingerprint density at radius 2 is 2.17 bits per heavy atom. The van der Waals surface area contributed by atoms with Gasteiger partial charge in [0, 0.05) is 5.54 Å². The molecule has 1 aliphatic rings. The minimum atomic E-state index is 0.315. The third-order valence-electron chi connectivity index (χ3n) is 2.86. The van der Waals surface area contributed by atoms with Crippen molar-refractivity contribution in [2.75, 3.05) is 13.3 Å². The van der Waals surface area contributed by atoms with Gasteiger partial charge in [-0.2, -0.15) is 0 Å². The van der Waals surface area contributed by atoms with Crippen molar-refractivity contribution < 1.29 is 4.74 Å². The Hall–Kier alpha value is -0.0800. The first-order valence-electron chi connectivity index (χ1n) is 5.16. The zero-order valence-corrected chi connectivity index (χ0v) is 8.36. The fourth-order valence-corrected chi connectivity index (χ4v) is 1.78. The number of rotatable bonds is 5. The van der Waals surface area contributed by atoms with E-state index in [1.54, 1.807) is 0 Å². The molecule has 1 N–H and O–H groups in total. The van der Waals surface area contributed by atoms with Gasteiger partial charge in [-0.25, -0.2) is 0 Å². The van der Waals surface area contributed by atoms with Gasteiger partial charge < -0.3 is 4.74 Å². The van der Waals surface area contributed by atoms with Crippen molar-refractivity contribution in [1.29, 1.82) is 0 Å². The second-order valence-corrected chi connectivity index (χ2v) is 3.76. The minimum absolute atomic E-state index is 0.315. The van der Waals surface area contributed by atoms with E-state index in [0.717, 1.165) is 13.3 Å². The Balaban J connectivity index is 2.24. The number of hydrogen-bond acceptors (Lipinski definition) is 2. The lowest BCUT2D eigenvalue weighted by molar-refractivity contribution is 0.171. The van der Waals surface area contributed by atoms with Gasteiger partial charge in [-0.05, 0) is 12.8 Å². The summed E-state index contributed by atoms with van der Waals surface area (Å²) in [5.74, 6) is 0. The van der Waals surface area contributed by atoms with Crippen molar-refractivity contribution in [3.63, 3.8) is 0 Å². The second-order valence-electron chi connectivity index (χ2n) is 3.76. The molecule has 1 heterocycles. The van der Waals surface area contributed by atoms with Crippen molar-refractivity contribution in [1.82, 2.24) is 5.32 Å². The van der Waals surface area contributed by atoms with Gasteiger partial charge in [0.25, 0.3) is 0 Å². The molecule has 1 unspecified atom stereocenters. The Kier molecular flexibility index (Phi) is 4.02. The Bertz CT molecular complexity index is 119. The molecule has 12 heavy (non-hydrogen) atoms. The molecular formula is C10H21NO. The van der Waals surface area contributed by atoms with Gasteiger partial charge in [0.05, 0.1) is 13.3 Å². The highest BCUT2D eigenvalue weighted by Gasteiger charge is 2.31. The third kappa shape index (κ3) is 2.46. The van der Waals surface area contributed by atoms with Crippen molar-refractivity contribution in [3.05, 3.63) is 0 Å². The lowest BCUT2D eigenvalue weighted by Gasteiger charge is -2.25. The van der Waals surface area contributed by atoms with Gasteiger partial charge in [-0.3, -0.25) is 5.32 Å². The molecule has 2 heteroatoms. The molecule has 2 nitrogen and oxygen atoms in total. The van der Waals surface area contributed by atoms with Crippen molar-refractivity contribution in [2.24, 2.45) is 0 Å². The van der Waals surface area contributed by atoms with Gasteiger partial charge in [-0.1, -0.05) is 33.1 Å². The van der Waals surface area contributed by atoms with Crippen LogP contribution in [-0.4, -0.2) is 18.9 Å². The van der Waals surface area contributed by atoms with Gasteiger partial charge in [0.1, 0.15) is 0 Å². The molecule has 0 aromatic heterocycles. The maximum Gasteiger partial charge on any atom is 0.0971 e. The zero-order valence-electron chi connectivity index (χ0n) is 8.36. The molecule has 0 amide bonds. The lowest BCUT2D eigenvalue weighted by Crippen LogP contribution is -2.41. The summed E-state index contributed by atoms with van der Waals surface area (Å²) in [7, 11) is 0. The normalized spacial score (nSPS) is 29.5. The monoisotopic (exact) mass is 171 g/mol. The molecule has 0 radical (unpaired) electrons. The predicted octanol–water partition coefficient (Wildman–Crippen LogP) is 2.29. The van der Waals surface area contributed by atoms with Gasteiger partial charge >= 0.3 is 0 Å². The van der Waals surface area contributed by atoms with Crippen LogP contribution in [0.15, 0.2) is 0 Å². The standard InChI is InChI=1S/C10H21NO/c1-3-5-6-7-10(4-2)8-12-9-11-10/h11H,3-9H2,1-2H3. The largest absolute Gasteiger partial charge is 0.364 e. The van der Waals surface area contributed by atoms with Gasteiger partial charge in [-0.15, -0.1) is 0 Å². The Labute approximate surface area is 75.7 Å². The Morgan fingerprint density at radius 3 is 2.67 bits per heavy atom. The van der Waals surface area contributed by atoms with E-state index in [-0.39, 0.29) is 0 Å². The molecule has 0 aromatic rings. The van der Waals surface area contributed by atoms with E-state index < -0.39 is 0 Å². The van der Waals surface area contributed by atoms with Crippen LogP contribution < -0.4 is 5.32 Å². The van der Waals surface area contributed by atoms with Gasteiger partial charge in [0.15, 0.2) is 0 Å². The van der Waals surface area contributed by atoms with Gasteiger partial charge in [0.2, 0.25) is 0 Å². The van der Waals surface area contributed by atoms with Crippen molar-refractivity contribution in [3.8, 4) is 0 Å². The first-order valence-corrected chi connectivity index (χ1v) is 5.16. The average molecular weight is 171 g/mol. The molecule has 0 bridgehead atoms. The first kappa shape index (κ1) is 10.0. The molecule has 0 aliphatic carbocycles. The zero-order chi connectivity index (χ0) is 8.86. The van der Waals surface area contributed by atoms with E-state index >= 15 is 0 Å². The van der Waals surface area contributed by atoms with Crippen LogP contribution in [0.5, 0.6) is 0 Å². The predicted molar refractivity (Wildman–Crippen MR) is 51.1 cm³/mol. The third-order valence-corrected chi connectivity index (χ3v) is 2.86. The molecule has 0 spiro atoms. The van der Waals surface area contributed by atoms with E-state index in [0.29, 0.717) is 5.54 Å². The van der Waals surface area contributed by atoms with Crippen LogP contribution >= 0.6 is 0 Å². The number of unbranched alkanes of at least 4 members (excludes halogenated alkanes) is 2. The summed E-state index contributed by atoms with van der Waals surface area (Å²) in [5.41, 5.74) is 0.315. The number of ether oxygens (including phenoxy) is 1. The molecule has 72 valence electrons. The highest BCUT2D eigenvalue weighted by molar-refractivity contribution is 4.88. The maximum atomic E-state index is 5.37. The quantitative estimate of drug-likeness (QED) is 0.641. The summed E-state index contributed by atoms with van der Waals surface area (Å²) >= 11 is 0. The average Bonchev–Trinajstić information content (AvgIpc) is 2.55.